The van der Waals surface area contributed by atoms with Gasteiger partial charge < -0.3 is 9.80 Å². The molecule has 2 amide bonds. The summed E-state index contributed by atoms with van der Waals surface area (Å²) in [5, 5.41) is 0. The number of nitrogens with zero attached hydrogens (tertiary/aromatic N) is 2. The van der Waals surface area contributed by atoms with Gasteiger partial charge in [-0.25, -0.2) is 0 Å². The SMILES string of the molecule is CCCCC(CC)CN1C(=O)/C(=C2/C(=O)N(CC(CC)CCCC)c3cc(Br)ccc32)c2ccc(Br)cc21. The molecule has 0 spiro atoms. The van der Waals surface area contributed by atoms with Crippen LogP contribution in [-0.4, -0.2) is 24.9 Å². The van der Waals surface area contributed by atoms with Crippen LogP contribution in [0.25, 0.3) is 11.1 Å². The van der Waals surface area contributed by atoms with Gasteiger partial charge in [0.05, 0.1) is 22.5 Å². The number of carbonyl (C=O) groups is 2. The minimum Gasteiger partial charge on any atom is -0.307 e. The maximum absolute atomic E-state index is 14.2. The van der Waals surface area contributed by atoms with Crippen molar-refractivity contribution in [2.75, 3.05) is 22.9 Å². The van der Waals surface area contributed by atoms with E-state index < -0.39 is 0 Å². The number of amides is 2. The Morgan fingerprint density at radius 3 is 1.39 bits per heavy atom. The van der Waals surface area contributed by atoms with Gasteiger partial charge in [-0.2, -0.15) is 0 Å². The molecule has 204 valence electrons. The molecule has 2 aliphatic heterocycles. The first kappa shape index (κ1) is 29.1. The zero-order valence-corrected chi connectivity index (χ0v) is 26.3. The molecule has 0 saturated carbocycles. The fourth-order valence-electron chi connectivity index (χ4n) is 5.79. The van der Waals surface area contributed by atoms with E-state index in [0.717, 1.165) is 82.8 Å². The number of fused-ring (bicyclic) bond motifs is 2. The Bertz CT molecular complexity index is 1130. The monoisotopic (exact) mass is 642 g/mol. The molecule has 4 rings (SSSR count). The van der Waals surface area contributed by atoms with Crippen molar-refractivity contribution in [3.63, 3.8) is 0 Å². The first-order chi connectivity index (χ1) is 18.3. The van der Waals surface area contributed by atoms with Crippen molar-refractivity contribution in [3.8, 4) is 0 Å². The van der Waals surface area contributed by atoms with Crippen LogP contribution in [0.1, 0.15) is 90.2 Å². The molecule has 2 heterocycles. The van der Waals surface area contributed by atoms with Gasteiger partial charge in [-0.1, -0.05) is 110 Å². The number of benzene rings is 2. The van der Waals surface area contributed by atoms with Gasteiger partial charge in [0.1, 0.15) is 0 Å². The van der Waals surface area contributed by atoms with Crippen LogP contribution in [0.15, 0.2) is 45.3 Å². The van der Waals surface area contributed by atoms with Crippen LogP contribution < -0.4 is 9.80 Å². The number of unbranched alkanes of at least 4 members (excludes halogenated alkanes) is 2. The molecule has 6 heteroatoms. The number of rotatable bonds is 12. The fourth-order valence-corrected chi connectivity index (χ4v) is 6.49. The van der Waals surface area contributed by atoms with Crippen LogP contribution in [0.2, 0.25) is 0 Å². The summed E-state index contributed by atoms with van der Waals surface area (Å²) in [5.74, 6) is 0.756. The highest BCUT2D eigenvalue weighted by Crippen LogP contribution is 2.48. The lowest BCUT2D eigenvalue weighted by atomic mass is 9.96. The summed E-state index contributed by atoms with van der Waals surface area (Å²) in [6, 6.07) is 12.0. The average molecular weight is 644 g/mol. The molecular weight excluding hydrogens is 604 g/mol. The smallest absolute Gasteiger partial charge is 0.259 e. The predicted octanol–water partition coefficient (Wildman–Crippen LogP) is 9.25. The van der Waals surface area contributed by atoms with Crippen molar-refractivity contribution in [2.45, 2.75) is 79.1 Å². The van der Waals surface area contributed by atoms with Crippen LogP contribution in [-0.2, 0) is 9.59 Å². The van der Waals surface area contributed by atoms with Crippen LogP contribution in [0, 0.1) is 11.8 Å². The highest BCUT2D eigenvalue weighted by Gasteiger charge is 2.42. The second-order valence-electron chi connectivity index (χ2n) is 10.7. The molecule has 38 heavy (non-hydrogen) atoms. The fraction of sp³-hybridized carbons (Fsp3) is 0.500. The Balaban J connectivity index is 1.81. The molecule has 0 bridgehead atoms. The summed E-state index contributed by atoms with van der Waals surface area (Å²) < 4.78 is 1.87. The van der Waals surface area contributed by atoms with Crippen molar-refractivity contribution in [1.29, 1.82) is 0 Å². The van der Waals surface area contributed by atoms with Crippen molar-refractivity contribution < 1.29 is 9.59 Å². The van der Waals surface area contributed by atoms with Gasteiger partial charge >= 0.3 is 0 Å². The maximum atomic E-state index is 14.2. The van der Waals surface area contributed by atoms with Gasteiger partial charge in [0.15, 0.2) is 0 Å². The van der Waals surface area contributed by atoms with E-state index in [-0.39, 0.29) is 11.8 Å². The van der Waals surface area contributed by atoms with E-state index in [1.165, 1.54) is 0 Å². The summed E-state index contributed by atoms with van der Waals surface area (Å²) in [5.41, 5.74) is 4.63. The van der Waals surface area contributed by atoms with E-state index in [2.05, 4.69) is 59.6 Å². The molecule has 0 aliphatic carbocycles. The van der Waals surface area contributed by atoms with Gasteiger partial charge in [0.2, 0.25) is 0 Å². The minimum atomic E-state index is -0.0508. The van der Waals surface area contributed by atoms with E-state index in [1.807, 2.05) is 46.2 Å². The molecule has 0 fully saturated rings. The number of hydrogen-bond donors (Lipinski definition) is 0. The summed E-state index contributed by atoms with van der Waals surface area (Å²) in [7, 11) is 0. The lowest BCUT2D eigenvalue weighted by Crippen LogP contribution is -2.34. The highest BCUT2D eigenvalue weighted by atomic mass is 79.9. The molecule has 2 aromatic rings. The standard InChI is InChI=1S/C32H40Br2N2O2/c1-5-9-11-21(7-3)19-35-27-17-23(33)13-15-25(27)29(31(35)37)30-26-16-14-24(34)18-28(26)36(32(30)38)20-22(8-4)12-10-6-2/h13-18,21-22H,5-12,19-20H2,1-4H3/b30-29+. The molecule has 4 nitrogen and oxygen atoms in total. The average Bonchev–Trinajstić information content (AvgIpc) is 3.32. The molecule has 0 radical (unpaired) electrons. The van der Waals surface area contributed by atoms with Crippen molar-refractivity contribution >= 4 is 66.2 Å². The number of hydrogen-bond acceptors (Lipinski definition) is 2. The van der Waals surface area contributed by atoms with E-state index in [9.17, 15) is 9.59 Å². The first-order valence-electron chi connectivity index (χ1n) is 14.3. The Labute approximate surface area is 245 Å². The molecule has 0 aromatic heterocycles. The van der Waals surface area contributed by atoms with Crippen LogP contribution in [0.4, 0.5) is 11.4 Å². The third kappa shape index (κ3) is 5.82. The Morgan fingerprint density at radius 1 is 0.658 bits per heavy atom. The summed E-state index contributed by atoms with van der Waals surface area (Å²) in [6.07, 6.45) is 8.87. The lowest BCUT2D eigenvalue weighted by molar-refractivity contribution is -0.114. The lowest BCUT2D eigenvalue weighted by Gasteiger charge is -2.24. The largest absolute Gasteiger partial charge is 0.307 e. The predicted molar refractivity (Wildman–Crippen MR) is 166 cm³/mol. The third-order valence-corrected chi connectivity index (χ3v) is 9.16. The second-order valence-corrected chi connectivity index (χ2v) is 12.6. The number of carbonyl (C=O) groups excluding carboxylic acids is 2. The van der Waals surface area contributed by atoms with E-state index in [4.69, 9.17) is 0 Å². The van der Waals surface area contributed by atoms with Crippen LogP contribution in [0.5, 0.6) is 0 Å². The van der Waals surface area contributed by atoms with Crippen molar-refractivity contribution in [1.82, 2.24) is 0 Å². The van der Waals surface area contributed by atoms with E-state index in [0.29, 0.717) is 36.1 Å². The van der Waals surface area contributed by atoms with Crippen molar-refractivity contribution in [3.05, 3.63) is 56.5 Å². The van der Waals surface area contributed by atoms with Gasteiger partial charge in [-0.05, 0) is 48.9 Å². The quantitative estimate of drug-likeness (QED) is 0.216. The maximum Gasteiger partial charge on any atom is 0.259 e. The van der Waals surface area contributed by atoms with E-state index >= 15 is 0 Å². The molecule has 0 N–H and O–H groups in total. The Kier molecular flexibility index (Phi) is 9.91. The van der Waals surface area contributed by atoms with Crippen molar-refractivity contribution in [2.24, 2.45) is 11.8 Å². The summed E-state index contributed by atoms with van der Waals surface area (Å²) >= 11 is 7.23. The molecule has 2 atom stereocenters. The molecule has 2 unspecified atom stereocenters. The zero-order chi connectivity index (χ0) is 27.4. The highest BCUT2D eigenvalue weighted by molar-refractivity contribution is 9.10. The number of halogens is 2. The van der Waals surface area contributed by atoms with Gasteiger partial charge in [-0.15, -0.1) is 0 Å². The van der Waals surface area contributed by atoms with Crippen LogP contribution in [0.3, 0.4) is 0 Å². The Morgan fingerprint density at radius 2 is 1.05 bits per heavy atom. The Hall–Kier alpha value is -1.92. The molecular formula is C32H40Br2N2O2. The molecule has 2 aromatic carbocycles. The van der Waals surface area contributed by atoms with Gasteiger partial charge in [0.25, 0.3) is 11.8 Å². The first-order valence-corrected chi connectivity index (χ1v) is 15.9. The minimum absolute atomic E-state index is 0.0508. The zero-order valence-electron chi connectivity index (χ0n) is 23.2. The summed E-state index contributed by atoms with van der Waals surface area (Å²) in [6.45, 7) is 10.2. The number of anilines is 2. The van der Waals surface area contributed by atoms with Gasteiger partial charge in [0, 0.05) is 33.2 Å². The second kappa shape index (κ2) is 13.0. The van der Waals surface area contributed by atoms with Gasteiger partial charge in [-0.3, -0.25) is 9.59 Å². The summed E-state index contributed by atoms with van der Waals surface area (Å²) in [4.78, 5) is 32.3. The van der Waals surface area contributed by atoms with E-state index in [1.54, 1.807) is 0 Å². The topological polar surface area (TPSA) is 40.6 Å². The molecule has 2 aliphatic rings. The van der Waals surface area contributed by atoms with Crippen LogP contribution >= 0.6 is 31.9 Å². The third-order valence-electron chi connectivity index (χ3n) is 8.18. The normalized spacial score (nSPS) is 18.3. The molecule has 0 saturated heterocycles.